The number of imidazole rings is 1. The van der Waals surface area contributed by atoms with Gasteiger partial charge in [0.05, 0.1) is 5.56 Å². The minimum atomic E-state index is -0.545. The average Bonchev–Trinajstić information content (AvgIpc) is 3.07. The van der Waals surface area contributed by atoms with Gasteiger partial charge in [-0.25, -0.2) is 9.37 Å². The van der Waals surface area contributed by atoms with Crippen molar-refractivity contribution in [2.45, 2.75) is 6.92 Å². The number of phenols is 1. The molecule has 5 rings (SSSR count). The lowest BCUT2D eigenvalue weighted by molar-refractivity contribution is 0.171. The van der Waals surface area contributed by atoms with Gasteiger partial charge in [-0.1, -0.05) is 12.1 Å². The molecule has 4 aromatic rings. The summed E-state index contributed by atoms with van der Waals surface area (Å²) in [6.45, 7) is 2.94. The van der Waals surface area contributed by atoms with E-state index in [1.807, 2.05) is 47.7 Å². The van der Waals surface area contributed by atoms with Gasteiger partial charge < -0.3 is 19.9 Å². The highest BCUT2D eigenvalue weighted by Crippen LogP contribution is 2.39. The highest BCUT2D eigenvalue weighted by Gasteiger charge is 2.22. The molecular weight excluding hydrogens is 373 g/mol. The largest absolute Gasteiger partial charge is 0.507 e. The van der Waals surface area contributed by atoms with Crippen LogP contribution in [-0.4, -0.2) is 27.7 Å². The van der Waals surface area contributed by atoms with Crippen LogP contribution in [0, 0.1) is 12.7 Å². The number of aromatic hydroxyl groups is 1. The standard InChI is InChI=1S/C22H18FN3O3/c1-13-4-2-7-19-25-21(20-15(23)5-3-6-16(20)27)22(26(13)19)24-14-8-9-17-18(12-14)29-11-10-28-17/h2-9,12,24,27H,10-11H2,1H3. The van der Waals surface area contributed by atoms with E-state index in [0.717, 1.165) is 11.4 Å². The second kappa shape index (κ2) is 6.70. The fourth-order valence-electron chi connectivity index (χ4n) is 3.55. The van der Waals surface area contributed by atoms with Crippen LogP contribution in [0.1, 0.15) is 5.69 Å². The third-order valence-corrected chi connectivity index (χ3v) is 4.87. The highest BCUT2D eigenvalue weighted by atomic mass is 19.1. The van der Waals surface area contributed by atoms with Crippen molar-refractivity contribution in [3.8, 4) is 28.5 Å². The maximum absolute atomic E-state index is 14.6. The predicted molar refractivity (Wildman–Crippen MR) is 108 cm³/mol. The van der Waals surface area contributed by atoms with Gasteiger partial charge in [0.1, 0.15) is 41.9 Å². The smallest absolute Gasteiger partial charge is 0.163 e. The number of aryl methyl sites for hydroxylation is 1. The van der Waals surface area contributed by atoms with Crippen molar-refractivity contribution in [1.82, 2.24) is 9.38 Å². The third-order valence-electron chi connectivity index (χ3n) is 4.87. The van der Waals surface area contributed by atoms with Gasteiger partial charge in [0.15, 0.2) is 11.5 Å². The highest BCUT2D eigenvalue weighted by molar-refractivity contribution is 5.83. The Morgan fingerprint density at radius 3 is 2.66 bits per heavy atom. The lowest BCUT2D eigenvalue weighted by atomic mass is 10.1. The summed E-state index contributed by atoms with van der Waals surface area (Å²) < 4.78 is 27.8. The van der Waals surface area contributed by atoms with E-state index in [-0.39, 0.29) is 11.3 Å². The van der Waals surface area contributed by atoms with E-state index in [9.17, 15) is 9.50 Å². The van der Waals surface area contributed by atoms with Crippen LogP contribution < -0.4 is 14.8 Å². The van der Waals surface area contributed by atoms with Gasteiger partial charge in [0.25, 0.3) is 0 Å². The van der Waals surface area contributed by atoms with E-state index < -0.39 is 5.82 Å². The zero-order valence-corrected chi connectivity index (χ0v) is 15.6. The molecule has 146 valence electrons. The molecule has 2 aromatic heterocycles. The number of nitrogens with one attached hydrogen (secondary N) is 1. The summed E-state index contributed by atoms with van der Waals surface area (Å²) in [6, 6.07) is 15.4. The van der Waals surface area contributed by atoms with Crippen LogP contribution in [0.3, 0.4) is 0 Å². The maximum Gasteiger partial charge on any atom is 0.163 e. The van der Waals surface area contributed by atoms with E-state index >= 15 is 0 Å². The first-order valence-electron chi connectivity index (χ1n) is 9.24. The average molecular weight is 391 g/mol. The molecule has 0 saturated heterocycles. The molecule has 0 radical (unpaired) electrons. The number of rotatable bonds is 3. The summed E-state index contributed by atoms with van der Waals surface area (Å²) in [6.07, 6.45) is 0. The quantitative estimate of drug-likeness (QED) is 0.531. The topological polar surface area (TPSA) is 68.0 Å². The molecule has 0 bridgehead atoms. The second-order valence-electron chi connectivity index (χ2n) is 6.79. The summed E-state index contributed by atoms with van der Waals surface area (Å²) in [5, 5.41) is 13.7. The molecule has 0 spiro atoms. The first-order valence-corrected chi connectivity index (χ1v) is 9.24. The normalized spacial score (nSPS) is 12.9. The van der Waals surface area contributed by atoms with Crippen LogP contribution in [-0.2, 0) is 0 Å². The summed E-state index contributed by atoms with van der Waals surface area (Å²) in [5.74, 6) is 1.16. The van der Waals surface area contributed by atoms with Crippen LogP contribution in [0.2, 0.25) is 0 Å². The van der Waals surface area contributed by atoms with Crippen molar-refractivity contribution in [3.63, 3.8) is 0 Å². The molecule has 2 N–H and O–H groups in total. The van der Waals surface area contributed by atoms with Crippen molar-refractivity contribution in [2.24, 2.45) is 0 Å². The second-order valence-corrected chi connectivity index (χ2v) is 6.79. The molecular formula is C22H18FN3O3. The molecule has 0 fully saturated rings. The number of hydrogen-bond donors (Lipinski definition) is 2. The predicted octanol–water partition coefficient (Wildman–Crippen LogP) is 4.67. The van der Waals surface area contributed by atoms with Gasteiger partial charge >= 0.3 is 0 Å². The maximum atomic E-state index is 14.6. The number of halogens is 1. The number of benzene rings is 2. The number of fused-ring (bicyclic) bond motifs is 2. The van der Waals surface area contributed by atoms with Crippen molar-refractivity contribution in [1.29, 1.82) is 0 Å². The van der Waals surface area contributed by atoms with Crippen LogP contribution >= 0.6 is 0 Å². The van der Waals surface area contributed by atoms with Crippen LogP contribution in [0.5, 0.6) is 17.2 Å². The SMILES string of the molecule is Cc1cccc2nc(-c3c(O)cccc3F)c(Nc3ccc4c(c3)OCCO4)n12. The molecule has 2 aromatic carbocycles. The van der Waals surface area contributed by atoms with Gasteiger partial charge in [-0.15, -0.1) is 0 Å². The number of nitrogens with zero attached hydrogens (tertiary/aromatic N) is 2. The molecule has 3 heterocycles. The van der Waals surface area contributed by atoms with Crippen LogP contribution in [0.15, 0.2) is 54.6 Å². The van der Waals surface area contributed by atoms with Crippen molar-refractivity contribution in [3.05, 3.63) is 66.1 Å². The van der Waals surface area contributed by atoms with Gasteiger partial charge in [-0.05, 0) is 43.3 Å². The number of phenolic OH excluding ortho intramolecular Hbond substituents is 1. The van der Waals surface area contributed by atoms with Crippen LogP contribution in [0.25, 0.3) is 16.9 Å². The van der Waals surface area contributed by atoms with E-state index in [2.05, 4.69) is 10.3 Å². The third kappa shape index (κ3) is 2.91. The Hall–Kier alpha value is -3.74. The number of hydrogen-bond acceptors (Lipinski definition) is 5. The first kappa shape index (κ1) is 17.4. The summed E-state index contributed by atoms with van der Waals surface area (Å²) in [4.78, 5) is 4.59. The zero-order chi connectivity index (χ0) is 20.0. The van der Waals surface area contributed by atoms with Crippen LogP contribution in [0.4, 0.5) is 15.9 Å². The lowest BCUT2D eigenvalue weighted by Crippen LogP contribution is -2.15. The molecule has 7 heteroatoms. The summed E-state index contributed by atoms with van der Waals surface area (Å²) in [7, 11) is 0. The van der Waals surface area contributed by atoms with E-state index in [4.69, 9.17) is 9.47 Å². The molecule has 0 unspecified atom stereocenters. The minimum Gasteiger partial charge on any atom is -0.507 e. The van der Waals surface area contributed by atoms with Gasteiger partial charge in [0, 0.05) is 17.4 Å². The number of aromatic nitrogens is 2. The Morgan fingerprint density at radius 2 is 1.83 bits per heavy atom. The van der Waals surface area contributed by atoms with Gasteiger partial charge in [-0.3, -0.25) is 4.40 Å². The van der Waals surface area contributed by atoms with Gasteiger partial charge in [-0.2, -0.15) is 0 Å². The Balaban J connectivity index is 1.70. The van der Waals surface area contributed by atoms with E-state index in [0.29, 0.717) is 41.9 Å². The van der Waals surface area contributed by atoms with E-state index in [1.54, 1.807) is 0 Å². The number of ether oxygens (including phenoxy) is 2. The Morgan fingerprint density at radius 1 is 1.03 bits per heavy atom. The molecule has 0 amide bonds. The number of pyridine rings is 1. The Labute approximate surface area is 166 Å². The zero-order valence-electron chi connectivity index (χ0n) is 15.6. The van der Waals surface area contributed by atoms with Crippen molar-refractivity contribution in [2.75, 3.05) is 18.5 Å². The van der Waals surface area contributed by atoms with Gasteiger partial charge in [0.2, 0.25) is 0 Å². The molecule has 0 atom stereocenters. The van der Waals surface area contributed by atoms with Crippen molar-refractivity contribution < 1.29 is 19.0 Å². The monoisotopic (exact) mass is 391 g/mol. The minimum absolute atomic E-state index is 0.0515. The molecule has 0 saturated carbocycles. The molecule has 29 heavy (non-hydrogen) atoms. The first-order chi connectivity index (χ1) is 14.1. The lowest BCUT2D eigenvalue weighted by Gasteiger charge is -2.19. The molecule has 0 aliphatic carbocycles. The fourth-order valence-corrected chi connectivity index (χ4v) is 3.55. The Kier molecular flexibility index (Phi) is 4.01. The molecule has 1 aliphatic heterocycles. The fraction of sp³-hybridized carbons (Fsp3) is 0.136. The molecule has 1 aliphatic rings. The molecule has 6 nitrogen and oxygen atoms in total. The number of anilines is 2. The Bertz CT molecular complexity index is 1220. The summed E-state index contributed by atoms with van der Waals surface area (Å²) >= 11 is 0. The van der Waals surface area contributed by atoms with E-state index in [1.165, 1.54) is 18.2 Å². The van der Waals surface area contributed by atoms with Crippen molar-refractivity contribution >= 4 is 17.2 Å². The summed E-state index contributed by atoms with van der Waals surface area (Å²) in [5.41, 5.74) is 2.66.